The summed E-state index contributed by atoms with van der Waals surface area (Å²) >= 11 is 1.12. The third kappa shape index (κ3) is 6.57. The maximum absolute atomic E-state index is 12.6. The van der Waals surface area contributed by atoms with Crippen molar-refractivity contribution in [2.45, 2.75) is 23.3 Å². The minimum absolute atomic E-state index is 0.0160. The van der Waals surface area contributed by atoms with E-state index in [4.69, 9.17) is 14.2 Å². The van der Waals surface area contributed by atoms with Crippen LogP contribution in [-0.2, 0) is 5.75 Å². The number of thioether (sulfide) groups is 1. The van der Waals surface area contributed by atoms with Crippen LogP contribution >= 0.6 is 11.8 Å². The second-order valence-corrected chi connectivity index (χ2v) is 7.07. The van der Waals surface area contributed by atoms with Crippen LogP contribution in [-0.4, -0.2) is 47.6 Å². The van der Waals surface area contributed by atoms with Crippen molar-refractivity contribution in [2.24, 2.45) is 0 Å². The number of H-pyrrole nitrogens is 1. The smallest absolute Gasteiger partial charge is 0.422 e. The molecule has 0 amide bonds. The third-order valence-electron chi connectivity index (χ3n) is 3.72. The number of methoxy groups -OCH3 is 1. The second-order valence-electron chi connectivity index (χ2n) is 6.11. The van der Waals surface area contributed by atoms with Gasteiger partial charge >= 0.3 is 12.4 Å². The summed E-state index contributed by atoms with van der Waals surface area (Å²) in [6.45, 7) is -2.92. The van der Waals surface area contributed by atoms with E-state index in [-0.39, 0.29) is 28.7 Å². The highest BCUT2D eigenvalue weighted by Crippen LogP contribution is 2.35. The first-order valence-electron chi connectivity index (χ1n) is 8.57. The first-order valence-corrected chi connectivity index (χ1v) is 9.56. The van der Waals surface area contributed by atoms with Crippen molar-refractivity contribution in [3.8, 4) is 17.2 Å². The van der Waals surface area contributed by atoms with E-state index in [9.17, 15) is 26.3 Å². The van der Waals surface area contributed by atoms with Crippen molar-refractivity contribution in [2.75, 3.05) is 20.3 Å². The van der Waals surface area contributed by atoms with Crippen molar-refractivity contribution in [3.05, 3.63) is 36.2 Å². The summed E-state index contributed by atoms with van der Waals surface area (Å²) in [5, 5.41) is 0.384. The van der Waals surface area contributed by atoms with Gasteiger partial charge in [0.2, 0.25) is 0 Å². The molecule has 6 nitrogen and oxygen atoms in total. The molecule has 3 rings (SSSR count). The number of ether oxygens (including phenoxy) is 3. The Kier molecular flexibility index (Phi) is 6.72. The van der Waals surface area contributed by atoms with E-state index in [1.54, 1.807) is 0 Å². The van der Waals surface area contributed by atoms with Crippen LogP contribution in [0.2, 0.25) is 0 Å². The fourth-order valence-corrected chi connectivity index (χ4v) is 3.29. The van der Waals surface area contributed by atoms with E-state index in [2.05, 4.69) is 15.0 Å². The SMILES string of the molecule is COc1ccnc(CSc2nc3ccc(OCC(F)(F)F)cc3[nH]2)c1OCC(F)(F)F. The molecule has 1 aromatic carbocycles. The zero-order valence-electron chi connectivity index (χ0n) is 15.8. The van der Waals surface area contributed by atoms with Gasteiger partial charge in [0, 0.05) is 24.1 Å². The molecular weight excluding hydrogens is 452 g/mol. The Morgan fingerprint density at radius 2 is 1.71 bits per heavy atom. The van der Waals surface area contributed by atoms with Gasteiger partial charge in [-0.25, -0.2) is 4.98 Å². The van der Waals surface area contributed by atoms with Crippen LogP contribution in [0.4, 0.5) is 26.3 Å². The standard InChI is InChI=1S/C18H15F6N3O3S/c1-28-14-4-5-25-13(15(14)30-9-18(22,23)24)7-31-16-26-11-3-2-10(6-12(11)27-16)29-8-17(19,20)21/h2-6H,7-9H2,1H3,(H,26,27). The number of halogens is 6. The lowest BCUT2D eigenvalue weighted by molar-refractivity contribution is -0.154. The maximum Gasteiger partial charge on any atom is 0.422 e. The summed E-state index contributed by atoms with van der Waals surface area (Å²) < 4.78 is 89.2. The Labute approximate surface area is 175 Å². The topological polar surface area (TPSA) is 69.3 Å². The summed E-state index contributed by atoms with van der Waals surface area (Å²) in [7, 11) is 1.30. The molecule has 1 N–H and O–H groups in total. The van der Waals surface area contributed by atoms with E-state index in [1.807, 2.05) is 0 Å². The van der Waals surface area contributed by atoms with Crippen LogP contribution in [0.25, 0.3) is 11.0 Å². The number of nitrogens with zero attached hydrogens (tertiary/aromatic N) is 2. The van der Waals surface area contributed by atoms with Gasteiger partial charge in [-0.2, -0.15) is 26.3 Å². The normalized spacial score (nSPS) is 12.2. The largest absolute Gasteiger partial charge is 0.493 e. The van der Waals surface area contributed by atoms with Crippen LogP contribution < -0.4 is 14.2 Å². The van der Waals surface area contributed by atoms with Crippen LogP contribution in [0.15, 0.2) is 35.6 Å². The minimum Gasteiger partial charge on any atom is -0.493 e. The lowest BCUT2D eigenvalue weighted by Crippen LogP contribution is -2.20. The number of nitrogens with one attached hydrogen (secondary N) is 1. The molecule has 2 aromatic heterocycles. The van der Waals surface area contributed by atoms with E-state index in [0.29, 0.717) is 16.2 Å². The Hall–Kier alpha value is -2.83. The molecule has 0 aliphatic rings. The zero-order chi connectivity index (χ0) is 22.6. The number of benzene rings is 1. The third-order valence-corrected chi connectivity index (χ3v) is 4.61. The number of alkyl halides is 6. The van der Waals surface area contributed by atoms with Gasteiger partial charge in [-0.05, 0) is 12.1 Å². The Morgan fingerprint density at radius 3 is 2.39 bits per heavy atom. The number of fused-ring (bicyclic) bond motifs is 1. The summed E-state index contributed by atoms with van der Waals surface area (Å²) in [5.74, 6) is 0.0868. The maximum atomic E-state index is 12.6. The van der Waals surface area contributed by atoms with Crippen LogP contribution in [0.3, 0.4) is 0 Å². The molecule has 0 radical (unpaired) electrons. The number of pyridine rings is 1. The molecule has 0 fully saturated rings. The fraction of sp³-hybridized carbons (Fsp3) is 0.333. The van der Waals surface area contributed by atoms with Gasteiger partial charge in [0.15, 0.2) is 29.9 Å². The molecule has 0 spiro atoms. The predicted molar refractivity (Wildman–Crippen MR) is 99.5 cm³/mol. The van der Waals surface area contributed by atoms with Gasteiger partial charge in [-0.3, -0.25) is 4.98 Å². The average molecular weight is 467 g/mol. The molecular formula is C18H15F6N3O3S. The molecule has 31 heavy (non-hydrogen) atoms. The van der Waals surface area contributed by atoms with Gasteiger partial charge < -0.3 is 19.2 Å². The molecule has 2 heterocycles. The van der Waals surface area contributed by atoms with E-state index in [1.165, 1.54) is 37.6 Å². The number of rotatable bonds is 8. The quantitative estimate of drug-likeness (QED) is 0.366. The molecule has 0 atom stereocenters. The lowest BCUT2D eigenvalue weighted by atomic mass is 10.3. The fourth-order valence-electron chi connectivity index (χ4n) is 2.47. The molecule has 0 aliphatic carbocycles. The molecule has 168 valence electrons. The number of hydrogen-bond donors (Lipinski definition) is 1. The Balaban J connectivity index is 1.73. The second kappa shape index (κ2) is 9.12. The molecule has 13 heteroatoms. The van der Waals surface area contributed by atoms with Gasteiger partial charge in [-0.15, -0.1) is 0 Å². The number of aromatic amines is 1. The van der Waals surface area contributed by atoms with Crippen LogP contribution in [0, 0.1) is 0 Å². The first kappa shape index (κ1) is 22.8. The average Bonchev–Trinajstić information content (AvgIpc) is 3.10. The summed E-state index contributed by atoms with van der Waals surface area (Å²) in [4.78, 5) is 11.3. The van der Waals surface area contributed by atoms with Crippen molar-refractivity contribution in [1.29, 1.82) is 0 Å². The molecule has 0 saturated heterocycles. The number of imidazole rings is 1. The highest BCUT2D eigenvalue weighted by molar-refractivity contribution is 7.98. The van der Waals surface area contributed by atoms with Gasteiger partial charge in [0.05, 0.1) is 23.8 Å². The van der Waals surface area contributed by atoms with Gasteiger partial charge in [-0.1, -0.05) is 11.8 Å². The van der Waals surface area contributed by atoms with Crippen molar-refractivity contribution in [1.82, 2.24) is 15.0 Å². The highest BCUT2D eigenvalue weighted by atomic mass is 32.2. The first-order chi connectivity index (χ1) is 14.5. The highest BCUT2D eigenvalue weighted by Gasteiger charge is 2.30. The molecule has 3 aromatic rings. The van der Waals surface area contributed by atoms with Crippen LogP contribution in [0.5, 0.6) is 17.2 Å². The number of hydrogen-bond acceptors (Lipinski definition) is 6. The molecule has 0 bridgehead atoms. The summed E-state index contributed by atoms with van der Waals surface area (Å²) in [5.41, 5.74) is 1.13. The minimum atomic E-state index is -4.53. The predicted octanol–water partition coefficient (Wildman–Crippen LogP) is 5.14. The Bertz CT molecular complexity index is 1040. The van der Waals surface area contributed by atoms with Gasteiger partial charge in [0.1, 0.15) is 5.75 Å². The van der Waals surface area contributed by atoms with Crippen molar-refractivity contribution in [3.63, 3.8) is 0 Å². The van der Waals surface area contributed by atoms with E-state index in [0.717, 1.165) is 11.8 Å². The zero-order valence-corrected chi connectivity index (χ0v) is 16.6. The molecule has 0 aliphatic heterocycles. The summed E-state index contributed by atoms with van der Waals surface area (Å²) in [6.07, 6.45) is -7.62. The lowest BCUT2D eigenvalue weighted by Gasteiger charge is -2.15. The van der Waals surface area contributed by atoms with E-state index < -0.39 is 25.6 Å². The van der Waals surface area contributed by atoms with Crippen molar-refractivity contribution >= 4 is 22.8 Å². The molecule has 0 unspecified atom stereocenters. The monoisotopic (exact) mass is 467 g/mol. The van der Waals surface area contributed by atoms with Gasteiger partial charge in [0.25, 0.3) is 0 Å². The van der Waals surface area contributed by atoms with E-state index >= 15 is 0 Å². The molecule has 0 saturated carbocycles. The van der Waals surface area contributed by atoms with Crippen LogP contribution in [0.1, 0.15) is 5.69 Å². The summed E-state index contributed by atoms with van der Waals surface area (Å²) in [6, 6.07) is 5.60. The number of aromatic nitrogens is 3. The van der Waals surface area contributed by atoms with Crippen molar-refractivity contribution < 1.29 is 40.6 Å². The Morgan fingerprint density at radius 1 is 1.00 bits per heavy atom.